The van der Waals surface area contributed by atoms with Gasteiger partial charge in [0.05, 0.1) is 0 Å². The van der Waals surface area contributed by atoms with Gasteiger partial charge in [0.15, 0.2) is 0 Å². The van der Waals surface area contributed by atoms with Crippen LogP contribution in [0.4, 0.5) is 0 Å². The van der Waals surface area contributed by atoms with Crippen LogP contribution in [0.5, 0.6) is 0 Å². The maximum atomic E-state index is 6.13. The first-order valence-corrected chi connectivity index (χ1v) is 8.50. The Morgan fingerprint density at radius 1 is 1.25 bits per heavy atom. The number of halogens is 1. The first-order chi connectivity index (χ1) is 9.64. The fourth-order valence-electron chi connectivity index (χ4n) is 3.49. The van der Waals surface area contributed by atoms with Crippen molar-refractivity contribution in [2.24, 2.45) is 5.41 Å². The van der Waals surface area contributed by atoms with Gasteiger partial charge in [-0.2, -0.15) is 0 Å². The van der Waals surface area contributed by atoms with E-state index in [9.17, 15) is 0 Å². The largest absolute Gasteiger partial charge is 0.313 e. The molecule has 1 saturated carbocycles. The molecular formula is C18H28ClN. The van der Waals surface area contributed by atoms with Gasteiger partial charge >= 0.3 is 0 Å². The predicted molar refractivity (Wildman–Crippen MR) is 88.4 cm³/mol. The van der Waals surface area contributed by atoms with Crippen LogP contribution >= 0.6 is 11.6 Å². The Balaban J connectivity index is 2.10. The second-order valence-electron chi connectivity index (χ2n) is 6.56. The molecule has 1 unspecified atom stereocenters. The summed E-state index contributed by atoms with van der Waals surface area (Å²) in [5.41, 5.74) is 1.80. The molecule has 1 aromatic rings. The van der Waals surface area contributed by atoms with Gasteiger partial charge in [0, 0.05) is 11.1 Å². The maximum Gasteiger partial charge on any atom is 0.0408 e. The van der Waals surface area contributed by atoms with Crippen molar-refractivity contribution < 1.29 is 0 Å². The van der Waals surface area contributed by atoms with Crippen molar-refractivity contribution in [2.75, 3.05) is 6.54 Å². The molecule has 112 valence electrons. The third kappa shape index (κ3) is 4.23. The Kier molecular flexibility index (Phi) is 5.92. The zero-order valence-corrected chi connectivity index (χ0v) is 13.7. The lowest BCUT2D eigenvalue weighted by Gasteiger charge is -2.41. The topological polar surface area (TPSA) is 12.0 Å². The molecule has 1 aliphatic carbocycles. The molecule has 20 heavy (non-hydrogen) atoms. The van der Waals surface area contributed by atoms with Gasteiger partial charge in [-0.25, -0.2) is 0 Å². The van der Waals surface area contributed by atoms with Crippen molar-refractivity contribution >= 4 is 11.6 Å². The minimum atomic E-state index is 0.440. The summed E-state index contributed by atoms with van der Waals surface area (Å²) in [7, 11) is 0. The van der Waals surface area contributed by atoms with Gasteiger partial charge in [-0.15, -0.1) is 0 Å². The summed E-state index contributed by atoms with van der Waals surface area (Å²) in [5, 5.41) is 4.66. The molecule has 1 aromatic carbocycles. The quantitative estimate of drug-likeness (QED) is 0.758. The van der Waals surface area contributed by atoms with Gasteiger partial charge in [0.25, 0.3) is 0 Å². The van der Waals surface area contributed by atoms with E-state index < -0.39 is 0 Å². The highest BCUT2D eigenvalue weighted by Crippen LogP contribution is 2.40. The normalized spacial score (nSPS) is 19.8. The lowest BCUT2D eigenvalue weighted by molar-refractivity contribution is 0.143. The van der Waals surface area contributed by atoms with Crippen molar-refractivity contribution in [1.82, 2.24) is 5.32 Å². The molecule has 0 bridgehead atoms. The van der Waals surface area contributed by atoms with E-state index in [0.29, 0.717) is 11.5 Å². The highest BCUT2D eigenvalue weighted by molar-refractivity contribution is 6.30. The Labute approximate surface area is 129 Å². The van der Waals surface area contributed by atoms with Crippen LogP contribution in [-0.4, -0.2) is 12.6 Å². The molecule has 0 amide bonds. The summed E-state index contributed by atoms with van der Waals surface area (Å²) >= 11 is 6.13. The summed E-state index contributed by atoms with van der Waals surface area (Å²) in [6, 6.07) is 8.92. The van der Waals surface area contributed by atoms with Crippen LogP contribution in [0.2, 0.25) is 5.02 Å². The smallest absolute Gasteiger partial charge is 0.0408 e. The zero-order chi connectivity index (χ0) is 14.4. The lowest BCUT2D eigenvalue weighted by Crippen LogP contribution is -2.46. The van der Waals surface area contributed by atoms with Crippen molar-refractivity contribution in [3.63, 3.8) is 0 Å². The van der Waals surface area contributed by atoms with Crippen LogP contribution in [0.25, 0.3) is 0 Å². The molecule has 0 aliphatic heterocycles. The van der Waals surface area contributed by atoms with Crippen molar-refractivity contribution in [3.8, 4) is 0 Å². The third-order valence-corrected chi connectivity index (χ3v) is 5.04. The molecule has 1 atom stereocenters. The van der Waals surface area contributed by atoms with Crippen molar-refractivity contribution in [3.05, 3.63) is 34.9 Å². The zero-order valence-electron chi connectivity index (χ0n) is 12.9. The van der Waals surface area contributed by atoms with E-state index >= 15 is 0 Å². The van der Waals surface area contributed by atoms with Gasteiger partial charge in [0.1, 0.15) is 0 Å². The van der Waals surface area contributed by atoms with Crippen LogP contribution in [0.1, 0.15) is 57.9 Å². The number of hydrogen-bond acceptors (Lipinski definition) is 1. The number of benzene rings is 1. The SMILES string of the molecule is CCCNC(Cc1cccc(Cl)c1)C1(C)CCCCC1. The highest BCUT2D eigenvalue weighted by atomic mass is 35.5. The number of nitrogens with one attached hydrogen (secondary N) is 1. The maximum absolute atomic E-state index is 6.13. The van der Waals surface area contributed by atoms with Crippen LogP contribution in [0.3, 0.4) is 0 Å². The van der Waals surface area contributed by atoms with E-state index in [1.807, 2.05) is 6.07 Å². The van der Waals surface area contributed by atoms with Crippen LogP contribution < -0.4 is 5.32 Å². The molecule has 2 heteroatoms. The number of rotatable bonds is 6. The summed E-state index contributed by atoms with van der Waals surface area (Å²) < 4.78 is 0. The second-order valence-corrected chi connectivity index (χ2v) is 6.99. The van der Waals surface area contributed by atoms with E-state index in [4.69, 9.17) is 11.6 Å². The average Bonchev–Trinajstić information content (AvgIpc) is 2.44. The van der Waals surface area contributed by atoms with E-state index in [0.717, 1.165) is 18.0 Å². The predicted octanol–water partition coefficient (Wildman–Crippen LogP) is 5.22. The van der Waals surface area contributed by atoms with Crippen LogP contribution in [-0.2, 0) is 6.42 Å². The van der Waals surface area contributed by atoms with E-state index in [2.05, 4.69) is 37.4 Å². The van der Waals surface area contributed by atoms with Gasteiger partial charge in [-0.3, -0.25) is 0 Å². The molecule has 0 spiro atoms. The van der Waals surface area contributed by atoms with Gasteiger partial charge in [-0.05, 0) is 55.3 Å². The molecule has 1 nitrogen and oxygen atoms in total. The fourth-order valence-corrected chi connectivity index (χ4v) is 3.70. The lowest BCUT2D eigenvalue weighted by atomic mass is 9.69. The van der Waals surface area contributed by atoms with Crippen molar-refractivity contribution in [2.45, 2.75) is 64.8 Å². The van der Waals surface area contributed by atoms with Gasteiger partial charge < -0.3 is 5.32 Å². The molecule has 1 N–H and O–H groups in total. The van der Waals surface area contributed by atoms with Gasteiger partial charge in [0.2, 0.25) is 0 Å². The molecule has 0 radical (unpaired) electrons. The molecular weight excluding hydrogens is 266 g/mol. The summed E-state index contributed by atoms with van der Waals surface area (Å²) in [6.45, 7) is 5.83. The summed E-state index contributed by atoms with van der Waals surface area (Å²) in [6.07, 6.45) is 9.18. The average molecular weight is 294 g/mol. The van der Waals surface area contributed by atoms with E-state index in [1.54, 1.807) is 0 Å². The monoisotopic (exact) mass is 293 g/mol. The minimum Gasteiger partial charge on any atom is -0.313 e. The molecule has 2 rings (SSSR count). The van der Waals surface area contributed by atoms with E-state index in [-0.39, 0.29) is 0 Å². The van der Waals surface area contributed by atoms with Gasteiger partial charge in [-0.1, -0.05) is 56.8 Å². The Morgan fingerprint density at radius 2 is 2.00 bits per heavy atom. The minimum absolute atomic E-state index is 0.440. The Bertz CT molecular complexity index is 410. The van der Waals surface area contributed by atoms with Crippen LogP contribution in [0, 0.1) is 5.41 Å². The molecule has 1 fully saturated rings. The number of hydrogen-bond donors (Lipinski definition) is 1. The molecule has 0 aromatic heterocycles. The van der Waals surface area contributed by atoms with Crippen molar-refractivity contribution in [1.29, 1.82) is 0 Å². The fraction of sp³-hybridized carbons (Fsp3) is 0.667. The Hall–Kier alpha value is -0.530. The second kappa shape index (κ2) is 7.47. The molecule has 1 aliphatic rings. The Morgan fingerprint density at radius 3 is 2.65 bits per heavy atom. The first kappa shape index (κ1) is 15.9. The third-order valence-electron chi connectivity index (χ3n) is 4.81. The first-order valence-electron chi connectivity index (χ1n) is 8.12. The summed E-state index contributed by atoms with van der Waals surface area (Å²) in [5.74, 6) is 0. The van der Waals surface area contributed by atoms with Crippen LogP contribution in [0.15, 0.2) is 24.3 Å². The molecule has 0 saturated heterocycles. The van der Waals surface area contributed by atoms with E-state index in [1.165, 1.54) is 44.1 Å². The highest BCUT2D eigenvalue weighted by Gasteiger charge is 2.34. The standard InChI is InChI=1S/C18H28ClN/c1-3-12-20-17(18(2)10-5-4-6-11-18)14-15-8-7-9-16(19)13-15/h7-9,13,17,20H,3-6,10-12,14H2,1-2H3. The summed E-state index contributed by atoms with van der Waals surface area (Å²) in [4.78, 5) is 0. The molecule has 0 heterocycles.